The third-order valence-electron chi connectivity index (χ3n) is 3.61. The highest BCUT2D eigenvalue weighted by molar-refractivity contribution is 7.09. The zero-order valence-electron chi connectivity index (χ0n) is 14.3. The van der Waals surface area contributed by atoms with Gasteiger partial charge >= 0.3 is 0 Å². The fourth-order valence-electron chi connectivity index (χ4n) is 2.34. The molecular formula is C19H19N3O3S. The molecule has 0 aliphatic rings. The van der Waals surface area contributed by atoms with E-state index < -0.39 is 0 Å². The van der Waals surface area contributed by atoms with Gasteiger partial charge in [-0.3, -0.25) is 9.78 Å². The summed E-state index contributed by atoms with van der Waals surface area (Å²) in [5.74, 6) is 1.37. The Kier molecular flexibility index (Phi) is 6.16. The van der Waals surface area contributed by atoms with Gasteiger partial charge in [-0.25, -0.2) is 4.98 Å². The molecule has 0 aliphatic heterocycles. The van der Waals surface area contributed by atoms with Gasteiger partial charge in [0.2, 0.25) is 5.91 Å². The Morgan fingerprint density at radius 1 is 1.23 bits per heavy atom. The van der Waals surface area contributed by atoms with Crippen LogP contribution in [0.2, 0.25) is 0 Å². The van der Waals surface area contributed by atoms with Gasteiger partial charge in [-0.1, -0.05) is 18.2 Å². The van der Waals surface area contributed by atoms with Crippen LogP contribution in [-0.2, 0) is 24.4 Å². The summed E-state index contributed by atoms with van der Waals surface area (Å²) in [6, 6.07) is 11.3. The van der Waals surface area contributed by atoms with Gasteiger partial charge < -0.3 is 14.8 Å². The first kappa shape index (κ1) is 17.9. The first-order valence-corrected chi connectivity index (χ1v) is 8.97. The van der Waals surface area contributed by atoms with Crippen molar-refractivity contribution in [2.24, 2.45) is 0 Å². The first-order chi connectivity index (χ1) is 12.7. The van der Waals surface area contributed by atoms with Gasteiger partial charge in [0, 0.05) is 23.7 Å². The number of nitrogens with zero attached hydrogens (tertiary/aromatic N) is 2. The van der Waals surface area contributed by atoms with Crippen molar-refractivity contribution in [2.75, 3.05) is 7.11 Å². The smallest absolute Gasteiger partial charge is 0.226 e. The zero-order chi connectivity index (χ0) is 18.2. The van der Waals surface area contributed by atoms with Crippen LogP contribution >= 0.6 is 11.3 Å². The molecule has 2 heterocycles. The lowest BCUT2D eigenvalue weighted by Crippen LogP contribution is -2.24. The van der Waals surface area contributed by atoms with Crippen LogP contribution in [0, 0.1) is 0 Å². The summed E-state index contributed by atoms with van der Waals surface area (Å²) in [6.07, 6.45) is 3.58. The minimum absolute atomic E-state index is 0.0825. The topological polar surface area (TPSA) is 73.3 Å². The molecule has 0 atom stereocenters. The van der Waals surface area contributed by atoms with E-state index in [0.29, 0.717) is 18.9 Å². The molecule has 2 aromatic heterocycles. The van der Waals surface area contributed by atoms with Crippen molar-refractivity contribution in [2.45, 2.75) is 19.6 Å². The number of hydrogen-bond donors (Lipinski definition) is 1. The van der Waals surface area contributed by atoms with Crippen molar-refractivity contribution in [1.29, 1.82) is 0 Å². The zero-order valence-corrected chi connectivity index (χ0v) is 15.2. The second-order valence-corrected chi connectivity index (χ2v) is 6.42. The number of pyridine rings is 1. The molecule has 0 aliphatic carbocycles. The molecule has 0 saturated heterocycles. The van der Waals surface area contributed by atoms with E-state index in [1.54, 1.807) is 19.5 Å². The fourth-order valence-corrected chi connectivity index (χ4v) is 3.05. The predicted octanol–water partition coefficient (Wildman–Crippen LogP) is 2.98. The standard InChI is InChI=1S/C19H19N3O3S/c1-24-17-7-3-2-5-14(17)10-21-18(23)9-15-13-26-19(22-15)12-25-16-6-4-8-20-11-16/h2-8,11,13H,9-10,12H2,1H3,(H,21,23). The molecule has 0 saturated carbocycles. The summed E-state index contributed by atoms with van der Waals surface area (Å²) in [5, 5.41) is 5.60. The number of para-hydroxylation sites is 1. The van der Waals surface area contributed by atoms with Crippen LogP contribution in [0.15, 0.2) is 54.2 Å². The van der Waals surface area contributed by atoms with Crippen LogP contribution < -0.4 is 14.8 Å². The van der Waals surface area contributed by atoms with E-state index >= 15 is 0 Å². The largest absolute Gasteiger partial charge is 0.496 e. The molecule has 0 fully saturated rings. The quantitative estimate of drug-likeness (QED) is 0.661. The molecule has 1 amide bonds. The Bertz CT molecular complexity index is 852. The number of methoxy groups -OCH3 is 1. The van der Waals surface area contributed by atoms with Gasteiger partial charge in [0.25, 0.3) is 0 Å². The average Bonchev–Trinajstić information content (AvgIpc) is 3.13. The van der Waals surface area contributed by atoms with E-state index in [2.05, 4.69) is 15.3 Å². The van der Waals surface area contributed by atoms with Gasteiger partial charge in [0.15, 0.2) is 0 Å². The van der Waals surface area contributed by atoms with Gasteiger partial charge in [-0.2, -0.15) is 0 Å². The van der Waals surface area contributed by atoms with E-state index in [1.807, 2.05) is 41.8 Å². The third-order valence-corrected chi connectivity index (χ3v) is 4.48. The van der Waals surface area contributed by atoms with E-state index in [9.17, 15) is 4.79 Å². The highest BCUT2D eigenvalue weighted by atomic mass is 32.1. The molecule has 0 bridgehead atoms. The molecule has 3 rings (SSSR count). The number of hydrogen-bond acceptors (Lipinski definition) is 6. The van der Waals surface area contributed by atoms with Crippen LogP contribution in [0.4, 0.5) is 0 Å². The Balaban J connectivity index is 1.48. The predicted molar refractivity (Wildman–Crippen MR) is 99.2 cm³/mol. The monoisotopic (exact) mass is 369 g/mol. The van der Waals surface area contributed by atoms with E-state index in [0.717, 1.165) is 22.0 Å². The Labute approximate surface area is 155 Å². The molecule has 7 heteroatoms. The Morgan fingerprint density at radius 2 is 2.12 bits per heavy atom. The lowest BCUT2D eigenvalue weighted by Gasteiger charge is -2.09. The molecule has 1 aromatic carbocycles. The summed E-state index contributed by atoms with van der Waals surface area (Å²) in [7, 11) is 1.62. The van der Waals surface area contributed by atoms with Gasteiger partial charge in [0.1, 0.15) is 23.1 Å². The number of benzene rings is 1. The average molecular weight is 369 g/mol. The van der Waals surface area contributed by atoms with Gasteiger partial charge in [-0.05, 0) is 18.2 Å². The van der Waals surface area contributed by atoms with Crippen LogP contribution in [-0.4, -0.2) is 23.0 Å². The third kappa shape index (κ3) is 5.03. The Hall–Kier alpha value is -2.93. The summed E-state index contributed by atoms with van der Waals surface area (Å²) >= 11 is 1.47. The van der Waals surface area contributed by atoms with Crippen LogP contribution in [0.1, 0.15) is 16.3 Å². The van der Waals surface area contributed by atoms with Crippen LogP contribution in [0.5, 0.6) is 11.5 Å². The lowest BCUT2D eigenvalue weighted by atomic mass is 10.2. The number of aromatic nitrogens is 2. The van der Waals surface area contributed by atoms with Crippen molar-refractivity contribution in [3.8, 4) is 11.5 Å². The van der Waals surface area contributed by atoms with E-state index in [1.165, 1.54) is 11.3 Å². The van der Waals surface area contributed by atoms with E-state index in [-0.39, 0.29) is 12.3 Å². The second-order valence-electron chi connectivity index (χ2n) is 5.48. The van der Waals surface area contributed by atoms with Gasteiger partial charge in [0.05, 0.1) is 25.4 Å². The number of amides is 1. The van der Waals surface area contributed by atoms with Crippen LogP contribution in [0.3, 0.4) is 0 Å². The van der Waals surface area contributed by atoms with E-state index in [4.69, 9.17) is 9.47 Å². The molecule has 26 heavy (non-hydrogen) atoms. The first-order valence-electron chi connectivity index (χ1n) is 8.09. The molecule has 1 N–H and O–H groups in total. The summed E-state index contributed by atoms with van der Waals surface area (Å²) in [6.45, 7) is 0.781. The number of nitrogens with one attached hydrogen (secondary N) is 1. The number of ether oxygens (including phenoxy) is 2. The van der Waals surface area contributed by atoms with Crippen molar-refractivity contribution < 1.29 is 14.3 Å². The molecule has 0 radical (unpaired) electrons. The number of thiazole rings is 1. The molecular weight excluding hydrogens is 350 g/mol. The minimum Gasteiger partial charge on any atom is -0.496 e. The fraction of sp³-hybridized carbons (Fsp3) is 0.211. The molecule has 3 aromatic rings. The number of carbonyl (C=O) groups is 1. The summed E-state index contributed by atoms with van der Waals surface area (Å²) in [4.78, 5) is 20.6. The highest BCUT2D eigenvalue weighted by Gasteiger charge is 2.09. The lowest BCUT2D eigenvalue weighted by molar-refractivity contribution is -0.120. The summed E-state index contributed by atoms with van der Waals surface area (Å²) in [5.41, 5.74) is 1.67. The van der Waals surface area contributed by atoms with Crippen molar-refractivity contribution in [1.82, 2.24) is 15.3 Å². The van der Waals surface area contributed by atoms with Crippen molar-refractivity contribution >= 4 is 17.2 Å². The molecule has 0 spiro atoms. The summed E-state index contributed by atoms with van der Waals surface area (Å²) < 4.78 is 10.9. The van der Waals surface area contributed by atoms with Crippen molar-refractivity contribution in [3.63, 3.8) is 0 Å². The van der Waals surface area contributed by atoms with Crippen LogP contribution in [0.25, 0.3) is 0 Å². The highest BCUT2D eigenvalue weighted by Crippen LogP contribution is 2.17. The molecule has 134 valence electrons. The number of carbonyl (C=O) groups excluding carboxylic acids is 1. The normalized spacial score (nSPS) is 10.3. The molecule has 0 unspecified atom stereocenters. The maximum absolute atomic E-state index is 12.1. The van der Waals surface area contributed by atoms with Crippen molar-refractivity contribution in [3.05, 3.63) is 70.4 Å². The number of rotatable bonds is 8. The Morgan fingerprint density at radius 3 is 2.92 bits per heavy atom. The maximum atomic E-state index is 12.1. The second kappa shape index (κ2) is 8.96. The SMILES string of the molecule is COc1ccccc1CNC(=O)Cc1csc(COc2cccnc2)n1. The minimum atomic E-state index is -0.0825. The van der Waals surface area contributed by atoms with Gasteiger partial charge in [-0.15, -0.1) is 11.3 Å². The maximum Gasteiger partial charge on any atom is 0.226 e. The molecule has 6 nitrogen and oxygen atoms in total.